The van der Waals surface area contributed by atoms with E-state index in [0.717, 1.165) is 36.3 Å². The summed E-state index contributed by atoms with van der Waals surface area (Å²) >= 11 is 1.53. The lowest BCUT2D eigenvalue weighted by Crippen LogP contribution is -2.48. The van der Waals surface area contributed by atoms with E-state index in [1.54, 1.807) is 9.80 Å². The fourth-order valence-corrected chi connectivity index (χ4v) is 5.84. The minimum absolute atomic E-state index is 0.0259. The summed E-state index contributed by atoms with van der Waals surface area (Å²) in [6.45, 7) is 0.344. The maximum Gasteiger partial charge on any atom is 0.328 e. The number of carbonyl (C=O) groups excluding carboxylic acids is 3. The third-order valence-electron chi connectivity index (χ3n) is 6.21. The zero-order valence-corrected chi connectivity index (χ0v) is 17.0. The van der Waals surface area contributed by atoms with Crippen molar-refractivity contribution < 1.29 is 19.1 Å². The zero-order valence-electron chi connectivity index (χ0n) is 16.1. The van der Waals surface area contributed by atoms with Gasteiger partial charge < -0.3 is 14.5 Å². The molecule has 1 saturated carbocycles. The Morgan fingerprint density at radius 1 is 1.21 bits per heavy atom. The molecule has 0 N–H and O–H groups in total. The summed E-state index contributed by atoms with van der Waals surface area (Å²) in [6, 6.07) is 7.44. The summed E-state index contributed by atoms with van der Waals surface area (Å²) in [5, 5.41) is 0. The van der Waals surface area contributed by atoms with Gasteiger partial charge in [-0.05, 0) is 37.3 Å². The topological polar surface area (TPSA) is 66.9 Å². The number of anilines is 1. The summed E-state index contributed by atoms with van der Waals surface area (Å²) in [6.07, 6.45) is 5.19. The van der Waals surface area contributed by atoms with Crippen LogP contribution in [-0.4, -0.2) is 54.2 Å². The molecule has 2 amide bonds. The number of hydrogen-bond acceptors (Lipinski definition) is 5. The van der Waals surface area contributed by atoms with Gasteiger partial charge in [-0.2, -0.15) is 0 Å². The first-order valence-corrected chi connectivity index (χ1v) is 11.0. The standard InChI is InChI=1S/C21H26N2O4S/c1-27-21(26)17-12-14-6-2-3-7-15(14)23(17)19(24)10-11-22-16-8-4-5-9-18(16)28-13-20(22)25/h4-5,8-9,14-15,17H,2-3,6-7,10-13H2,1H3/t14-,15+,17+/m1/s1. The molecule has 0 aromatic heterocycles. The van der Waals surface area contributed by atoms with E-state index in [0.29, 0.717) is 24.6 Å². The molecule has 0 bridgehead atoms. The van der Waals surface area contributed by atoms with Crippen LogP contribution in [0.1, 0.15) is 38.5 Å². The third-order valence-corrected chi connectivity index (χ3v) is 7.25. The molecule has 2 heterocycles. The minimum Gasteiger partial charge on any atom is -0.467 e. The minimum atomic E-state index is -0.481. The molecule has 2 fully saturated rings. The molecule has 6 nitrogen and oxygen atoms in total. The van der Waals surface area contributed by atoms with Gasteiger partial charge in [0.15, 0.2) is 0 Å². The number of para-hydroxylation sites is 1. The van der Waals surface area contributed by atoms with Crippen molar-refractivity contribution in [3.8, 4) is 0 Å². The highest BCUT2D eigenvalue weighted by molar-refractivity contribution is 8.00. The van der Waals surface area contributed by atoms with E-state index in [2.05, 4.69) is 0 Å². The van der Waals surface area contributed by atoms with Crippen LogP contribution in [0.15, 0.2) is 29.2 Å². The maximum absolute atomic E-state index is 13.2. The average molecular weight is 403 g/mol. The second kappa shape index (κ2) is 8.15. The lowest BCUT2D eigenvalue weighted by atomic mass is 9.84. The SMILES string of the molecule is COC(=O)[C@@H]1C[C@H]2CCCC[C@@H]2N1C(=O)CCN1C(=O)CSc2ccccc21. The lowest BCUT2D eigenvalue weighted by Gasteiger charge is -2.34. The molecule has 1 saturated heterocycles. The number of esters is 1. The van der Waals surface area contributed by atoms with Crippen LogP contribution in [0, 0.1) is 5.92 Å². The molecule has 150 valence electrons. The molecule has 0 unspecified atom stereocenters. The first kappa shape index (κ1) is 19.3. The number of ether oxygens (including phenoxy) is 1. The number of benzene rings is 1. The van der Waals surface area contributed by atoms with Crippen LogP contribution in [0.4, 0.5) is 5.69 Å². The van der Waals surface area contributed by atoms with Gasteiger partial charge >= 0.3 is 5.97 Å². The molecule has 1 aromatic carbocycles. The molecular formula is C21H26N2O4S. The Balaban J connectivity index is 1.49. The van der Waals surface area contributed by atoms with Crippen molar-refractivity contribution in [2.45, 2.75) is 55.5 Å². The Kier molecular flexibility index (Phi) is 5.62. The van der Waals surface area contributed by atoms with Gasteiger partial charge in [0.25, 0.3) is 0 Å². The van der Waals surface area contributed by atoms with Crippen molar-refractivity contribution in [2.75, 3.05) is 24.3 Å². The Bertz CT molecular complexity index is 783. The normalized spacial score (nSPS) is 26.6. The number of nitrogens with zero attached hydrogens (tertiary/aromatic N) is 2. The number of fused-ring (bicyclic) bond motifs is 2. The summed E-state index contributed by atoms with van der Waals surface area (Å²) in [5.74, 6) is 0.435. The number of rotatable bonds is 4. The first-order valence-electron chi connectivity index (χ1n) is 10.0. The van der Waals surface area contributed by atoms with Crippen LogP contribution < -0.4 is 4.90 Å². The fourth-order valence-electron chi connectivity index (χ4n) is 4.90. The quantitative estimate of drug-likeness (QED) is 0.725. The molecule has 4 rings (SSSR count). The van der Waals surface area contributed by atoms with Crippen molar-refractivity contribution in [1.29, 1.82) is 0 Å². The number of thioether (sulfide) groups is 1. The van der Waals surface area contributed by atoms with Crippen molar-refractivity contribution in [3.05, 3.63) is 24.3 Å². The van der Waals surface area contributed by atoms with Crippen LogP contribution >= 0.6 is 11.8 Å². The van der Waals surface area contributed by atoms with Crippen LogP contribution in [0.3, 0.4) is 0 Å². The monoisotopic (exact) mass is 402 g/mol. The molecule has 3 aliphatic rings. The van der Waals surface area contributed by atoms with Crippen LogP contribution in [0.25, 0.3) is 0 Å². The Labute approximate surface area is 169 Å². The van der Waals surface area contributed by atoms with Gasteiger partial charge in [0.1, 0.15) is 6.04 Å². The van der Waals surface area contributed by atoms with E-state index < -0.39 is 6.04 Å². The smallest absolute Gasteiger partial charge is 0.328 e. The molecule has 2 aliphatic heterocycles. The molecular weight excluding hydrogens is 376 g/mol. The van der Waals surface area contributed by atoms with E-state index in [1.165, 1.54) is 18.9 Å². The maximum atomic E-state index is 13.2. The van der Waals surface area contributed by atoms with Crippen LogP contribution in [0.5, 0.6) is 0 Å². The number of methoxy groups -OCH3 is 1. The highest BCUT2D eigenvalue weighted by atomic mass is 32.2. The Hall–Kier alpha value is -2.02. The summed E-state index contributed by atoms with van der Waals surface area (Å²) in [5.41, 5.74) is 0.873. The molecule has 0 spiro atoms. The third kappa shape index (κ3) is 3.52. The van der Waals surface area contributed by atoms with Crippen molar-refractivity contribution in [1.82, 2.24) is 4.90 Å². The van der Waals surface area contributed by atoms with Gasteiger partial charge in [-0.1, -0.05) is 25.0 Å². The molecule has 7 heteroatoms. The van der Waals surface area contributed by atoms with Crippen molar-refractivity contribution in [3.63, 3.8) is 0 Å². The summed E-state index contributed by atoms with van der Waals surface area (Å²) in [7, 11) is 1.38. The van der Waals surface area contributed by atoms with E-state index >= 15 is 0 Å². The average Bonchev–Trinajstić information content (AvgIpc) is 3.12. The molecule has 3 atom stereocenters. The van der Waals surface area contributed by atoms with Crippen molar-refractivity contribution in [2.24, 2.45) is 5.92 Å². The summed E-state index contributed by atoms with van der Waals surface area (Å²) < 4.78 is 4.98. The lowest BCUT2D eigenvalue weighted by molar-refractivity contribution is -0.152. The van der Waals surface area contributed by atoms with Gasteiger partial charge in [0.2, 0.25) is 11.8 Å². The Morgan fingerprint density at radius 2 is 2.00 bits per heavy atom. The fraction of sp³-hybridized carbons (Fsp3) is 0.571. The number of hydrogen-bond donors (Lipinski definition) is 0. The molecule has 1 aliphatic carbocycles. The highest BCUT2D eigenvalue weighted by Gasteiger charge is 2.47. The number of amides is 2. The van der Waals surface area contributed by atoms with Crippen LogP contribution in [-0.2, 0) is 19.1 Å². The van der Waals surface area contributed by atoms with E-state index in [4.69, 9.17) is 4.74 Å². The van der Waals surface area contributed by atoms with Gasteiger partial charge in [-0.15, -0.1) is 11.8 Å². The number of carbonyl (C=O) groups is 3. The number of likely N-dealkylation sites (tertiary alicyclic amines) is 1. The summed E-state index contributed by atoms with van der Waals surface area (Å²) in [4.78, 5) is 42.5. The van der Waals surface area contributed by atoms with Crippen LogP contribution in [0.2, 0.25) is 0 Å². The second-order valence-corrected chi connectivity index (χ2v) is 8.76. The predicted molar refractivity (Wildman–Crippen MR) is 107 cm³/mol. The largest absolute Gasteiger partial charge is 0.467 e. The van der Waals surface area contributed by atoms with E-state index in [9.17, 15) is 14.4 Å². The van der Waals surface area contributed by atoms with Gasteiger partial charge in [0, 0.05) is 23.9 Å². The van der Waals surface area contributed by atoms with Gasteiger partial charge in [0.05, 0.1) is 18.6 Å². The molecule has 0 radical (unpaired) electrons. The first-order chi connectivity index (χ1) is 13.6. The van der Waals surface area contributed by atoms with E-state index in [-0.39, 0.29) is 30.2 Å². The van der Waals surface area contributed by atoms with Gasteiger partial charge in [-0.3, -0.25) is 9.59 Å². The second-order valence-electron chi connectivity index (χ2n) is 7.74. The van der Waals surface area contributed by atoms with Gasteiger partial charge in [-0.25, -0.2) is 4.79 Å². The van der Waals surface area contributed by atoms with Crippen molar-refractivity contribution >= 4 is 35.2 Å². The highest BCUT2D eigenvalue weighted by Crippen LogP contribution is 2.41. The Morgan fingerprint density at radius 3 is 2.82 bits per heavy atom. The molecule has 1 aromatic rings. The van der Waals surface area contributed by atoms with E-state index in [1.807, 2.05) is 24.3 Å². The molecule has 28 heavy (non-hydrogen) atoms. The predicted octanol–water partition coefficient (Wildman–Crippen LogP) is 2.85. The zero-order chi connectivity index (χ0) is 19.7.